The molecular weight excluding hydrogens is 294 g/mol. The van der Waals surface area contributed by atoms with Gasteiger partial charge in [0.15, 0.2) is 6.04 Å². The molecule has 6 heteroatoms. The van der Waals surface area contributed by atoms with Crippen LogP contribution in [0.15, 0.2) is 30.3 Å². The minimum absolute atomic E-state index is 0.303. The summed E-state index contributed by atoms with van der Waals surface area (Å²) in [4.78, 5) is 25.9. The predicted molar refractivity (Wildman–Crippen MR) is 82.1 cm³/mol. The molecule has 1 unspecified atom stereocenters. The summed E-state index contributed by atoms with van der Waals surface area (Å²) < 4.78 is 0. The number of nitrogens with zero attached hydrogens (tertiary/aromatic N) is 2. The second kappa shape index (κ2) is 5.22. The van der Waals surface area contributed by atoms with Crippen LogP contribution in [0.4, 0.5) is 0 Å². The molecule has 2 aliphatic rings. The monoisotopic (exact) mass is 311 g/mol. The van der Waals surface area contributed by atoms with Crippen molar-refractivity contribution < 1.29 is 14.7 Å². The third-order valence-corrected chi connectivity index (χ3v) is 4.61. The van der Waals surface area contributed by atoms with E-state index >= 15 is 0 Å². The summed E-state index contributed by atoms with van der Waals surface area (Å²) in [5.74, 6) is -0.861. The molecule has 1 fully saturated rings. The third kappa shape index (κ3) is 2.40. The molecule has 1 aromatic heterocycles. The van der Waals surface area contributed by atoms with Crippen LogP contribution in [-0.2, 0) is 11.2 Å². The summed E-state index contributed by atoms with van der Waals surface area (Å²) in [6, 6.07) is 8.22. The second-order valence-electron chi connectivity index (χ2n) is 6.17. The standard InChI is InChI=1S/C17H17N3O3/c21-16(14-9-13(18-19-14)11-5-6-11)20-8-7-10-3-1-2-4-12(10)15(20)17(22)23/h1-4,9,11,15H,5-8H2,(H,18,19)(H,22,23). The fourth-order valence-electron chi connectivity index (χ4n) is 3.25. The highest BCUT2D eigenvalue weighted by Gasteiger charge is 2.37. The van der Waals surface area contributed by atoms with Gasteiger partial charge in [0.05, 0.1) is 0 Å². The van der Waals surface area contributed by atoms with Crippen molar-refractivity contribution in [3.63, 3.8) is 0 Å². The van der Waals surface area contributed by atoms with Crippen LogP contribution in [-0.4, -0.2) is 38.6 Å². The van der Waals surface area contributed by atoms with Crippen molar-refractivity contribution in [1.82, 2.24) is 15.1 Å². The van der Waals surface area contributed by atoms with E-state index in [1.165, 1.54) is 4.90 Å². The van der Waals surface area contributed by atoms with Crippen molar-refractivity contribution in [3.05, 3.63) is 52.8 Å². The fourth-order valence-corrected chi connectivity index (χ4v) is 3.25. The van der Waals surface area contributed by atoms with E-state index < -0.39 is 12.0 Å². The fraction of sp³-hybridized carbons (Fsp3) is 0.353. The van der Waals surface area contributed by atoms with Gasteiger partial charge in [0, 0.05) is 18.2 Å². The lowest BCUT2D eigenvalue weighted by molar-refractivity contribution is -0.143. The van der Waals surface area contributed by atoms with E-state index in [-0.39, 0.29) is 5.91 Å². The molecule has 1 atom stereocenters. The number of amides is 1. The lowest BCUT2D eigenvalue weighted by Gasteiger charge is -2.34. The highest BCUT2D eigenvalue weighted by molar-refractivity contribution is 5.95. The molecule has 0 bridgehead atoms. The summed E-state index contributed by atoms with van der Waals surface area (Å²) in [6.07, 6.45) is 2.89. The van der Waals surface area contributed by atoms with Gasteiger partial charge in [-0.25, -0.2) is 4.79 Å². The molecule has 23 heavy (non-hydrogen) atoms. The Balaban J connectivity index is 1.66. The number of hydrogen-bond donors (Lipinski definition) is 2. The average molecular weight is 311 g/mol. The van der Waals surface area contributed by atoms with Gasteiger partial charge < -0.3 is 10.0 Å². The Hall–Kier alpha value is -2.63. The van der Waals surface area contributed by atoms with Gasteiger partial charge in [-0.1, -0.05) is 24.3 Å². The van der Waals surface area contributed by atoms with Crippen molar-refractivity contribution in [2.45, 2.75) is 31.2 Å². The molecule has 2 heterocycles. The minimum Gasteiger partial charge on any atom is -0.479 e. The molecule has 0 saturated heterocycles. The van der Waals surface area contributed by atoms with Gasteiger partial charge in [-0.2, -0.15) is 5.10 Å². The van der Waals surface area contributed by atoms with E-state index in [0.717, 1.165) is 24.1 Å². The van der Waals surface area contributed by atoms with E-state index in [2.05, 4.69) is 10.2 Å². The van der Waals surface area contributed by atoms with Crippen LogP contribution in [0, 0.1) is 0 Å². The predicted octanol–water partition coefficient (Wildman–Crippen LogP) is 2.11. The molecular formula is C17H17N3O3. The van der Waals surface area contributed by atoms with E-state index in [1.807, 2.05) is 18.2 Å². The van der Waals surface area contributed by atoms with E-state index in [9.17, 15) is 14.7 Å². The van der Waals surface area contributed by atoms with Gasteiger partial charge >= 0.3 is 5.97 Å². The van der Waals surface area contributed by atoms with Gasteiger partial charge in [-0.15, -0.1) is 0 Å². The van der Waals surface area contributed by atoms with E-state index in [1.54, 1.807) is 12.1 Å². The number of hydrogen-bond acceptors (Lipinski definition) is 3. The Morgan fingerprint density at radius 1 is 1.26 bits per heavy atom. The van der Waals surface area contributed by atoms with Gasteiger partial charge in [-0.05, 0) is 36.5 Å². The molecule has 1 saturated carbocycles. The highest BCUT2D eigenvalue weighted by Crippen LogP contribution is 2.39. The number of aromatic amines is 1. The third-order valence-electron chi connectivity index (χ3n) is 4.61. The number of carbonyl (C=O) groups excluding carboxylic acids is 1. The normalized spacial score (nSPS) is 20.2. The van der Waals surface area contributed by atoms with Gasteiger partial charge in [0.2, 0.25) is 0 Å². The first kappa shape index (κ1) is 14.0. The van der Waals surface area contributed by atoms with E-state index in [4.69, 9.17) is 0 Å². The van der Waals surface area contributed by atoms with Gasteiger partial charge in [0.25, 0.3) is 5.91 Å². The molecule has 0 spiro atoms. The quantitative estimate of drug-likeness (QED) is 0.909. The van der Waals surface area contributed by atoms with Crippen molar-refractivity contribution in [3.8, 4) is 0 Å². The molecule has 0 radical (unpaired) electrons. The van der Waals surface area contributed by atoms with Crippen molar-refractivity contribution in [2.24, 2.45) is 0 Å². The summed E-state index contributed by atoms with van der Waals surface area (Å²) in [7, 11) is 0. The molecule has 1 amide bonds. The topological polar surface area (TPSA) is 86.3 Å². The smallest absolute Gasteiger partial charge is 0.331 e. The van der Waals surface area contributed by atoms with Gasteiger partial charge in [0.1, 0.15) is 5.69 Å². The number of nitrogens with one attached hydrogen (secondary N) is 1. The maximum atomic E-state index is 12.8. The number of carbonyl (C=O) groups is 2. The Bertz CT molecular complexity index is 779. The summed E-state index contributed by atoms with van der Waals surface area (Å²) in [5, 5.41) is 16.6. The first-order valence-electron chi connectivity index (χ1n) is 7.82. The van der Waals surface area contributed by atoms with Gasteiger partial charge in [-0.3, -0.25) is 9.89 Å². The zero-order valence-electron chi connectivity index (χ0n) is 12.5. The zero-order chi connectivity index (χ0) is 16.0. The van der Waals surface area contributed by atoms with Crippen LogP contribution in [0.25, 0.3) is 0 Å². The molecule has 6 nitrogen and oxygen atoms in total. The van der Waals surface area contributed by atoms with Crippen LogP contribution in [0.5, 0.6) is 0 Å². The number of carboxylic acids is 1. The first-order chi connectivity index (χ1) is 11.1. The summed E-state index contributed by atoms with van der Waals surface area (Å²) in [5.41, 5.74) is 2.96. The molecule has 118 valence electrons. The molecule has 1 aromatic carbocycles. The second-order valence-corrected chi connectivity index (χ2v) is 6.17. The molecule has 1 aliphatic heterocycles. The zero-order valence-corrected chi connectivity index (χ0v) is 12.5. The van der Waals surface area contributed by atoms with Crippen molar-refractivity contribution in [2.75, 3.05) is 6.54 Å². The van der Waals surface area contributed by atoms with Crippen LogP contribution >= 0.6 is 0 Å². The van der Waals surface area contributed by atoms with Crippen LogP contribution in [0.1, 0.15) is 52.1 Å². The van der Waals surface area contributed by atoms with Crippen molar-refractivity contribution >= 4 is 11.9 Å². The minimum atomic E-state index is -1.01. The highest BCUT2D eigenvalue weighted by atomic mass is 16.4. The lowest BCUT2D eigenvalue weighted by atomic mass is 9.92. The Morgan fingerprint density at radius 3 is 2.78 bits per heavy atom. The van der Waals surface area contributed by atoms with Crippen LogP contribution in [0.3, 0.4) is 0 Å². The molecule has 4 rings (SSSR count). The van der Waals surface area contributed by atoms with E-state index in [0.29, 0.717) is 30.1 Å². The largest absolute Gasteiger partial charge is 0.479 e. The molecule has 2 aromatic rings. The molecule has 2 N–H and O–H groups in total. The van der Waals surface area contributed by atoms with Crippen LogP contribution in [0.2, 0.25) is 0 Å². The number of aromatic nitrogens is 2. The Kier molecular flexibility index (Phi) is 3.18. The first-order valence-corrected chi connectivity index (χ1v) is 7.82. The number of fused-ring (bicyclic) bond motifs is 1. The number of H-pyrrole nitrogens is 1. The molecule has 1 aliphatic carbocycles. The Morgan fingerprint density at radius 2 is 2.04 bits per heavy atom. The number of benzene rings is 1. The van der Waals surface area contributed by atoms with Crippen molar-refractivity contribution in [1.29, 1.82) is 0 Å². The summed E-state index contributed by atoms with van der Waals surface area (Å²) in [6.45, 7) is 0.387. The maximum Gasteiger partial charge on any atom is 0.331 e. The Labute approximate surface area is 133 Å². The lowest BCUT2D eigenvalue weighted by Crippen LogP contribution is -2.43. The summed E-state index contributed by atoms with van der Waals surface area (Å²) >= 11 is 0. The SMILES string of the molecule is O=C(O)C1c2ccccc2CCN1C(=O)c1cc(C2CC2)[nH]n1. The maximum absolute atomic E-state index is 12.8. The number of aliphatic carboxylic acids is 1. The number of rotatable bonds is 3. The van der Waals surface area contributed by atoms with Crippen LogP contribution < -0.4 is 0 Å². The average Bonchev–Trinajstić information content (AvgIpc) is 3.30. The number of carboxylic acid groups (broad SMARTS) is 1.